The Kier molecular flexibility index (Phi) is 22.8. The molecule has 1 rings (SSSR count). The minimum atomic E-state index is -3.43. The number of alkyl halides is 1. The maximum absolute atomic E-state index is 12.1. The number of carbonyl (C=O) groups is 1. The van der Waals surface area contributed by atoms with Gasteiger partial charge in [0.05, 0.1) is 12.3 Å². The van der Waals surface area contributed by atoms with Crippen LogP contribution in [0.1, 0.15) is 116 Å². The zero-order valence-electron chi connectivity index (χ0n) is 24.0. The van der Waals surface area contributed by atoms with Gasteiger partial charge in [-0.05, 0) is 18.0 Å². The van der Waals surface area contributed by atoms with Crippen LogP contribution >= 0.6 is 22.6 Å². The predicted octanol–water partition coefficient (Wildman–Crippen LogP) is 7.15. The van der Waals surface area contributed by atoms with Crippen molar-refractivity contribution in [2.24, 2.45) is 0 Å². The van der Waals surface area contributed by atoms with E-state index < -0.39 is 22.2 Å². The summed E-state index contributed by atoms with van der Waals surface area (Å²) < 4.78 is 43.1. The molecule has 9 nitrogen and oxygen atoms in total. The van der Waals surface area contributed by atoms with E-state index in [1.165, 1.54) is 102 Å². The number of sulfonamides is 1. The van der Waals surface area contributed by atoms with Gasteiger partial charge in [0.15, 0.2) is 0 Å². The fourth-order valence-corrected chi connectivity index (χ4v) is 6.20. The standard InChI is InChI=1S/C28H52IN3O6S/c1-2-3-4-5-6-7-8-9-10-11-12-13-14-15-16-17-21-30-28(33)36-25-26(38-27-19-22-37-32-27)24-31-39(34,35)23-18-20-29/h19,22,26,31H,2-18,20-21,23-25H2,1H3,(H,30,33). The first-order valence-corrected chi connectivity index (χ1v) is 18.2. The average molecular weight is 686 g/mol. The van der Waals surface area contributed by atoms with E-state index in [0.29, 0.717) is 13.0 Å². The summed E-state index contributed by atoms with van der Waals surface area (Å²) in [5.41, 5.74) is 0. The van der Waals surface area contributed by atoms with E-state index >= 15 is 0 Å². The molecule has 1 unspecified atom stereocenters. The van der Waals surface area contributed by atoms with Crippen molar-refractivity contribution in [2.75, 3.05) is 29.9 Å². The van der Waals surface area contributed by atoms with Gasteiger partial charge in [0.25, 0.3) is 5.88 Å². The Morgan fingerprint density at radius 3 is 2.00 bits per heavy atom. The van der Waals surface area contributed by atoms with Gasteiger partial charge in [-0.25, -0.2) is 17.9 Å². The first-order valence-electron chi connectivity index (χ1n) is 15.0. The summed E-state index contributed by atoms with van der Waals surface area (Å²) in [6, 6.07) is 1.51. The van der Waals surface area contributed by atoms with Crippen molar-refractivity contribution in [3.8, 4) is 5.88 Å². The second-order valence-electron chi connectivity index (χ2n) is 10.1. The van der Waals surface area contributed by atoms with E-state index in [4.69, 9.17) is 14.0 Å². The number of ether oxygens (including phenoxy) is 2. The van der Waals surface area contributed by atoms with Crippen LogP contribution < -0.4 is 14.8 Å². The number of alkyl carbamates (subject to hydrolysis) is 1. The van der Waals surface area contributed by atoms with E-state index in [1.54, 1.807) is 0 Å². The monoisotopic (exact) mass is 685 g/mol. The van der Waals surface area contributed by atoms with Crippen molar-refractivity contribution in [1.29, 1.82) is 0 Å². The number of carbonyl (C=O) groups excluding carboxylic acids is 1. The Morgan fingerprint density at radius 1 is 0.923 bits per heavy atom. The lowest BCUT2D eigenvalue weighted by Crippen LogP contribution is -2.40. The summed E-state index contributed by atoms with van der Waals surface area (Å²) in [6.07, 6.45) is 21.5. The fourth-order valence-electron chi connectivity index (χ4n) is 4.19. The van der Waals surface area contributed by atoms with E-state index in [9.17, 15) is 13.2 Å². The number of unbranched alkanes of at least 4 members (excludes halogenated alkanes) is 15. The van der Waals surface area contributed by atoms with Gasteiger partial charge < -0.3 is 19.3 Å². The molecule has 0 bridgehead atoms. The van der Waals surface area contributed by atoms with E-state index in [-0.39, 0.29) is 24.8 Å². The number of halogens is 1. The molecule has 1 amide bonds. The Labute approximate surface area is 250 Å². The molecule has 0 saturated heterocycles. The second kappa shape index (κ2) is 24.7. The normalized spacial score (nSPS) is 12.4. The van der Waals surface area contributed by atoms with Crippen molar-refractivity contribution in [2.45, 2.75) is 122 Å². The molecule has 39 heavy (non-hydrogen) atoms. The summed E-state index contributed by atoms with van der Waals surface area (Å²) in [7, 11) is -3.43. The lowest BCUT2D eigenvalue weighted by Gasteiger charge is -2.18. The highest BCUT2D eigenvalue weighted by Gasteiger charge is 2.19. The predicted molar refractivity (Wildman–Crippen MR) is 165 cm³/mol. The quantitative estimate of drug-likeness (QED) is 0.0573. The Bertz CT molecular complexity index is 795. The maximum atomic E-state index is 12.1. The van der Waals surface area contributed by atoms with Crippen LogP contribution in [0.5, 0.6) is 5.88 Å². The highest BCUT2D eigenvalue weighted by Crippen LogP contribution is 2.14. The van der Waals surface area contributed by atoms with Crippen LogP contribution in [0.4, 0.5) is 4.79 Å². The molecular weight excluding hydrogens is 633 g/mol. The lowest BCUT2D eigenvalue weighted by atomic mass is 10.0. The van der Waals surface area contributed by atoms with Gasteiger partial charge in [-0.15, -0.1) is 0 Å². The molecule has 0 aliphatic carbocycles. The van der Waals surface area contributed by atoms with Crippen LogP contribution in [-0.4, -0.2) is 55.6 Å². The Hall–Kier alpha value is -1.08. The number of hydrogen-bond donors (Lipinski definition) is 2. The highest BCUT2D eigenvalue weighted by molar-refractivity contribution is 14.1. The van der Waals surface area contributed by atoms with E-state index in [2.05, 4.69) is 44.7 Å². The number of aromatic nitrogens is 1. The third-order valence-electron chi connectivity index (χ3n) is 6.48. The van der Waals surface area contributed by atoms with E-state index in [1.807, 2.05) is 0 Å². The Morgan fingerprint density at radius 2 is 1.49 bits per heavy atom. The highest BCUT2D eigenvalue weighted by atomic mass is 127. The number of hydrogen-bond acceptors (Lipinski definition) is 7. The van der Waals surface area contributed by atoms with Crippen LogP contribution in [0.15, 0.2) is 16.9 Å². The molecule has 0 aliphatic rings. The van der Waals surface area contributed by atoms with Gasteiger partial charge in [0.1, 0.15) is 19.0 Å². The van der Waals surface area contributed by atoms with Gasteiger partial charge in [0.2, 0.25) is 10.0 Å². The Balaban J connectivity index is 2.04. The molecule has 0 radical (unpaired) electrons. The van der Waals surface area contributed by atoms with Crippen molar-refractivity contribution in [3.63, 3.8) is 0 Å². The van der Waals surface area contributed by atoms with Crippen molar-refractivity contribution < 1.29 is 27.2 Å². The first kappa shape index (κ1) is 35.9. The SMILES string of the molecule is CCCCCCCCCCCCCCCCCCNC(=O)OCC(CNS(=O)(=O)CCCI)Oc1ccon1. The van der Waals surface area contributed by atoms with E-state index in [0.717, 1.165) is 17.3 Å². The van der Waals surface area contributed by atoms with Gasteiger partial charge in [-0.1, -0.05) is 126 Å². The van der Waals surface area contributed by atoms with Crippen LogP contribution in [-0.2, 0) is 14.8 Å². The molecule has 0 aliphatic heterocycles. The molecular formula is C28H52IN3O6S. The molecule has 1 heterocycles. The zero-order chi connectivity index (χ0) is 28.4. The van der Waals surface area contributed by atoms with Gasteiger partial charge in [-0.2, -0.15) is 0 Å². The summed E-state index contributed by atoms with van der Waals surface area (Å²) in [5, 5.41) is 6.43. The fraction of sp³-hybridized carbons (Fsp3) is 0.857. The molecule has 0 aromatic carbocycles. The topological polar surface area (TPSA) is 120 Å². The summed E-state index contributed by atoms with van der Waals surface area (Å²) in [6.45, 7) is 2.66. The summed E-state index contributed by atoms with van der Waals surface area (Å²) >= 11 is 2.14. The third-order valence-corrected chi connectivity index (χ3v) is 8.67. The molecule has 0 fully saturated rings. The van der Waals surface area contributed by atoms with Gasteiger partial charge >= 0.3 is 6.09 Å². The smallest absolute Gasteiger partial charge is 0.407 e. The van der Waals surface area contributed by atoms with Crippen molar-refractivity contribution in [3.05, 3.63) is 12.3 Å². The minimum absolute atomic E-state index is 0.0350. The number of nitrogens with one attached hydrogen (secondary N) is 2. The summed E-state index contributed by atoms with van der Waals surface area (Å²) in [5.74, 6) is 0.233. The largest absolute Gasteiger partial charge is 0.467 e. The minimum Gasteiger partial charge on any atom is -0.467 e. The third kappa shape index (κ3) is 22.3. The van der Waals surface area contributed by atoms with Crippen LogP contribution in [0.3, 0.4) is 0 Å². The molecule has 11 heteroatoms. The van der Waals surface area contributed by atoms with Crippen molar-refractivity contribution in [1.82, 2.24) is 15.2 Å². The molecule has 1 aromatic rings. The maximum Gasteiger partial charge on any atom is 0.407 e. The molecule has 1 aromatic heterocycles. The van der Waals surface area contributed by atoms with Gasteiger partial charge in [0, 0.05) is 17.0 Å². The van der Waals surface area contributed by atoms with Crippen molar-refractivity contribution >= 4 is 38.7 Å². The van der Waals surface area contributed by atoms with Crippen LogP contribution in [0, 0.1) is 0 Å². The zero-order valence-corrected chi connectivity index (χ0v) is 26.9. The lowest BCUT2D eigenvalue weighted by molar-refractivity contribution is 0.0795. The number of rotatable bonds is 27. The molecule has 0 spiro atoms. The summed E-state index contributed by atoms with van der Waals surface area (Å²) in [4.78, 5) is 12.1. The molecule has 2 N–H and O–H groups in total. The molecule has 0 saturated carbocycles. The average Bonchev–Trinajstić information content (AvgIpc) is 3.44. The van der Waals surface area contributed by atoms with Crippen LogP contribution in [0.2, 0.25) is 0 Å². The molecule has 228 valence electrons. The number of amides is 1. The van der Waals surface area contributed by atoms with Gasteiger partial charge in [-0.3, -0.25) is 0 Å². The number of nitrogens with zero attached hydrogens (tertiary/aromatic N) is 1. The molecule has 1 atom stereocenters. The second-order valence-corrected chi connectivity index (χ2v) is 13.1. The first-order chi connectivity index (χ1) is 19.0. The van der Waals surface area contributed by atoms with Crippen LogP contribution in [0.25, 0.3) is 0 Å².